The van der Waals surface area contributed by atoms with Crippen LogP contribution in [0.1, 0.15) is 28.4 Å². The predicted molar refractivity (Wildman–Crippen MR) is 124 cm³/mol. The van der Waals surface area contributed by atoms with Crippen molar-refractivity contribution in [3.05, 3.63) is 86.4 Å². The number of rotatable bonds is 9. The van der Waals surface area contributed by atoms with Crippen molar-refractivity contribution in [1.29, 1.82) is 0 Å². The quantitative estimate of drug-likeness (QED) is 0.347. The summed E-state index contributed by atoms with van der Waals surface area (Å²) in [6.07, 6.45) is 0. The molecule has 8 heteroatoms. The Bertz CT molecular complexity index is 1090. The third-order valence-electron chi connectivity index (χ3n) is 4.40. The molecule has 0 aliphatic carbocycles. The lowest BCUT2D eigenvalue weighted by Gasteiger charge is -2.15. The first-order chi connectivity index (χ1) is 14.9. The maximum atomic E-state index is 11.1. The lowest BCUT2D eigenvalue weighted by atomic mass is 10.1. The summed E-state index contributed by atoms with van der Waals surface area (Å²) >= 11 is 18.2. The van der Waals surface area contributed by atoms with E-state index in [9.17, 15) is 4.79 Å². The van der Waals surface area contributed by atoms with Gasteiger partial charge in [-0.1, -0.05) is 46.9 Å². The Kier molecular flexibility index (Phi) is 7.91. The van der Waals surface area contributed by atoms with Gasteiger partial charge in [-0.15, -0.1) is 0 Å². The van der Waals surface area contributed by atoms with Crippen LogP contribution >= 0.6 is 34.8 Å². The first-order valence-corrected chi connectivity index (χ1v) is 10.6. The van der Waals surface area contributed by atoms with Gasteiger partial charge in [-0.05, 0) is 55.0 Å². The molecule has 0 aliphatic rings. The first kappa shape index (κ1) is 23.1. The highest BCUT2D eigenvalue weighted by Gasteiger charge is 2.11. The zero-order chi connectivity index (χ0) is 22.4. The number of carboxylic acid groups (broad SMARTS) is 1. The number of aromatic carboxylic acids is 1. The van der Waals surface area contributed by atoms with E-state index in [2.05, 4.69) is 5.32 Å². The Labute approximate surface area is 195 Å². The second-order valence-corrected chi connectivity index (χ2v) is 7.84. The number of hydrogen-bond acceptors (Lipinski definition) is 4. The maximum absolute atomic E-state index is 11.1. The largest absolute Gasteiger partial charge is 0.490 e. The molecular weight excluding hydrogens is 461 g/mol. The number of benzene rings is 3. The van der Waals surface area contributed by atoms with Gasteiger partial charge in [-0.2, -0.15) is 0 Å². The molecule has 162 valence electrons. The Balaban J connectivity index is 1.69. The molecule has 0 bridgehead atoms. The number of ether oxygens (including phenoxy) is 2. The van der Waals surface area contributed by atoms with Crippen molar-refractivity contribution < 1.29 is 19.4 Å². The minimum Gasteiger partial charge on any atom is -0.490 e. The van der Waals surface area contributed by atoms with Crippen molar-refractivity contribution in [1.82, 2.24) is 0 Å². The van der Waals surface area contributed by atoms with E-state index in [-0.39, 0.29) is 17.2 Å². The third-order valence-corrected chi connectivity index (χ3v) is 5.30. The summed E-state index contributed by atoms with van der Waals surface area (Å²) in [7, 11) is 0. The van der Waals surface area contributed by atoms with E-state index in [1.54, 1.807) is 24.3 Å². The van der Waals surface area contributed by atoms with E-state index in [0.717, 1.165) is 11.1 Å². The first-order valence-electron chi connectivity index (χ1n) is 9.46. The van der Waals surface area contributed by atoms with Crippen LogP contribution in [0.25, 0.3) is 0 Å². The van der Waals surface area contributed by atoms with Crippen molar-refractivity contribution in [3.63, 3.8) is 0 Å². The Morgan fingerprint density at radius 2 is 1.74 bits per heavy atom. The van der Waals surface area contributed by atoms with E-state index < -0.39 is 5.97 Å². The minimum absolute atomic E-state index is 0.0631. The van der Waals surface area contributed by atoms with Gasteiger partial charge in [-0.3, -0.25) is 0 Å². The standard InChI is InChI=1S/C23H20Cl3NO4/c1-2-30-22-9-14(12-27-17-6-7-18(23(28)29)20(26)11-17)3-8-21(22)31-13-15-4-5-16(24)10-19(15)25/h3-11,27H,2,12-13H2,1H3,(H,28,29). The number of hydrogen-bond donors (Lipinski definition) is 2. The van der Waals surface area contributed by atoms with Gasteiger partial charge in [0.1, 0.15) is 6.61 Å². The van der Waals surface area contributed by atoms with E-state index in [4.69, 9.17) is 49.4 Å². The van der Waals surface area contributed by atoms with Crippen LogP contribution in [0.3, 0.4) is 0 Å². The average molecular weight is 481 g/mol. The average Bonchev–Trinajstić information content (AvgIpc) is 2.72. The molecule has 31 heavy (non-hydrogen) atoms. The zero-order valence-corrected chi connectivity index (χ0v) is 18.9. The van der Waals surface area contributed by atoms with Gasteiger partial charge < -0.3 is 19.9 Å². The molecule has 3 aromatic carbocycles. The molecule has 0 saturated carbocycles. The fourth-order valence-electron chi connectivity index (χ4n) is 2.85. The number of nitrogens with one attached hydrogen (secondary N) is 1. The molecule has 0 amide bonds. The Hall–Kier alpha value is -2.60. The van der Waals surface area contributed by atoms with E-state index in [0.29, 0.717) is 40.4 Å². The minimum atomic E-state index is -1.06. The summed E-state index contributed by atoms with van der Waals surface area (Å²) in [5.41, 5.74) is 2.55. The molecule has 0 spiro atoms. The Morgan fingerprint density at radius 1 is 0.935 bits per heavy atom. The molecule has 0 unspecified atom stereocenters. The monoisotopic (exact) mass is 479 g/mol. The lowest BCUT2D eigenvalue weighted by molar-refractivity contribution is 0.0697. The lowest BCUT2D eigenvalue weighted by Crippen LogP contribution is -2.04. The number of carboxylic acids is 1. The van der Waals surface area contributed by atoms with Crippen molar-refractivity contribution in [2.75, 3.05) is 11.9 Å². The number of anilines is 1. The van der Waals surface area contributed by atoms with Gasteiger partial charge in [-0.25, -0.2) is 4.79 Å². The summed E-state index contributed by atoms with van der Waals surface area (Å²) in [4.78, 5) is 11.1. The maximum Gasteiger partial charge on any atom is 0.337 e. The number of carbonyl (C=O) groups is 1. The van der Waals surface area contributed by atoms with Gasteiger partial charge in [0.25, 0.3) is 0 Å². The molecule has 0 atom stereocenters. The van der Waals surface area contributed by atoms with Gasteiger partial charge in [0, 0.05) is 27.8 Å². The van der Waals surface area contributed by atoms with Crippen molar-refractivity contribution in [2.45, 2.75) is 20.1 Å². The summed E-state index contributed by atoms with van der Waals surface area (Å²) in [6.45, 7) is 3.16. The van der Waals surface area contributed by atoms with E-state index in [1.165, 1.54) is 6.07 Å². The van der Waals surface area contributed by atoms with Crippen LogP contribution < -0.4 is 14.8 Å². The van der Waals surface area contributed by atoms with Crippen LogP contribution in [0, 0.1) is 0 Å². The summed E-state index contributed by atoms with van der Waals surface area (Å²) in [5.74, 6) is 0.157. The van der Waals surface area contributed by atoms with E-state index >= 15 is 0 Å². The van der Waals surface area contributed by atoms with Gasteiger partial charge >= 0.3 is 5.97 Å². The molecule has 3 rings (SSSR count). The second-order valence-electron chi connectivity index (χ2n) is 6.59. The van der Waals surface area contributed by atoms with Crippen LogP contribution in [0.5, 0.6) is 11.5 Å². The van der Waals surface area contributed by atoms with Gasteiger partial charge in [0.2, 0.25) is 0 Å². The SMILES string of the molecule is CCOc1cc(CNc2ccc(C(=O)O)c(Cl)c2)ccc1OCc1ccc(Cl)cc1Cl. The van der Waals surface area contributed by atoms with Crippen LogP contribution in [0.4, 0.5) is 5.69 Å². The third kappa shape index (κ3) is 6.20. The van der Waals surface area contributed by atoms with Gasteiger partial charge in [0.15, 0.2) is 11.5 Å². The Morgan fingerprint density at radius 3 is 2.42 bits per heavy atom. The van der Waals surface area contributed by atoms with E-state index in [1.807, 2.05) is 31.2 Å². The highest BCUT2D eigenvalue weighted by Crippen LogP contribution is 2.31. The van der Waals surface area contributed by atoms with Crippen LogP contribution in [-0.2, 0) is 13.2 Å². The van der Waals surface area contributed by atoms with Crippen molar-refractivity contribution >= 4 is 46.5 Å². The zero-order valence-electron chi connectivity index (χ0n) is 16.6. The molecule has 0 aliphatic heterocycles. The highest BCUT2D eigenvalue weighted by molar-refractivity contribution is 6.35. The second kappa shape index (κ2) is 10.6. The number of halogens is 3. The predicted octanol–water partition coefficient (Wildman–Crippen LogP) is 6.93. The topological polar surface area (TPSA) is 67.8 Å². The molecule has 0 radical (unpaired) electrons. The summed E-state index contributed by atoms with van der Waals surface area (Å²) in [5, 5.41) is 13.6. The van der Waals surface area contributed by atoms with Crippen LogP contribution in [0.2, 0.25) is 15.1 Å². The van der Waals surface area contributed by atoms with Gasteiger partial charge in [0.05, 0.1) is 17.2 Å². The summed E-state index contributed by atoms with van der Waals surface area (Å²) < 4.78 is 11.7. The van der Waals surface area contributed by atoms with Crippen molar-refractivity contribution in [3.8, 4) is 11.5 Å². The summed E-state index contributed by atoms with van der Waals surface area (Å²) in [6, 6.07) is 15.6. The molecule has 0 aromatic heterocycles. The van der Waals surface area contributed by atoms with Crippen LogP contribution in [-0.4, -0.2) is 17.7 Å². The molecular formula is C23H20Cl3NO4. The molecule has 5 nitrogen and oxygen atoms in total. The molecule has 2 N–H and O–H groups in total. The highest BCUT2D eigenvalue weighted by atomic mass is 35.5. The van der Waals surface area contributed by atoms with Crippen LogP contribution in [0.15, 0.2) is 54.6 Å². The fraction of sp³-hybridized carbons (Fsp3) is 0.174. The molecule has 0 heterocycles. The molecule has 0 saturated heterocycles. The van der Waals surface area contributed by atoms with Crippen molar-refractivity contribution in [2.24, 2.45) is 0 Å². The molecule has 0 fully saturated rings. The fourth-order valence-corrected chi connectivity index (χ4v) is 3.57. The normalized spacial score (nSPS) is 10.6. The smallest absolute Gasteiger partial charge is 0.337 e. The molecule has 3 aromatic rings.